The number of benzene rings is 1. The van der Waals surface area contributed by atoms with E-state index in [0.29, 0.717) is 17.9 Å². The number of hydrogen-bond acceptors (Lipinski definition) is 9. The third-order valence-corrected chi connectivity index (χ3v) is 5.32. The first-order chi connectivity index (χ1) is 15.0. The number of anilines is 2. The molecular weight excluding hydrogens is 575 g/mol. The number of nitrogens with zero attached hydrogens (tertiary/aromatic N) is 5. The van der Waals surface area contributed by atoms with Gasteiger partial charge < -0.3 is 17.5 Å². The van der Waals surface area contributed by atoms with Gasteiger partial charge in [0.05, 0.1) is 0 Å². The Kier molecular flexibility index (Phi) is 14.6. The van der Waals surface area contributed by atoms with Crippen molar-refractivity contribution >= 4 is 35.3 Å². The van der Waals surface area contributed by atoms with Gasteiger partial charge in [0.2, 0.25) is 5.95 Å². The molecule has 4 rings (SSSR count). The van der Waals surface area contributed by atoms with Crippen LogP contribution in [0.5, 0.6) is 6.01 Å². The van der Waals surface area contributed by atoms with E-state index >= 15 is 0 Å². The summed E-state index contributed by atoms with van der Waals surface area (Å²) in [5, 5.41) is 13.1. The number of ether oxygens (including phenoxy) is 1. The van der Waals surface area contributed by atoms with Crippen LogP contribution in [0.15, 0.2) is 47.9 Å². The van der Waals surface area contributed by atoms with Gasteiger partial charge in [-0.05, 0) is 86.9 Å². The van der Waals surface area contributed by atoms with Crippen LogP contribution in [0, 0.1) is 7.43 Å². The molecule has 1 aliphatic carbocycles. The minimum Gasteiger partial charge on any atom is -0.459 e. The maximum atomic E-state index is 5.85. The molecule has 3 aromatic rings. The molecule has 0 atom stereocenters. The quantitative estimate of drug-likeness (QED) is 0.309. The largest absolute Gasteiger partial charge is 1.00 e. The molecule has 1 saturated carbocycles. The molecule has 1 fully saturated rings. The zero-order chi connectivity index (χ0) is 22.2. The molecule has 1 aliphatic rings. The summed E-state index contributed by atoms with van der Waals surface area (Å²) in [5.74, 6) is 0.986. The van der Waals surface area contributed by atoms with E-state index in [2.05, 4.69) is 39.2 Å². The van der Waals surface area contributed by atoms with Gasteiger partial charge in [0.15, 0.2) is 0 Å². The van der Waals surface area contributed by atoms with Gasteiger partial charge in [-0.3, -0.25) is 5.14 Å². The Hall–Kier alpha value is -0.248. The van der Waals surface area contributed by atoms with Crippen LogP contribution in [0.1, 0.15) is 44.2 Å². The van der Waals surface area contributed by atoms with Gasteiger partial charge in [-0.2, -0.15) is 16.7 Å². The Morgan fingerprint density at radius 1 is 1.09 bits per heavy atom. The molecule has 0 spiro atoms. The molecule has 33 heavy (non-hydrogen) atoms. The van der Waals surface area contributed by atoms with E-state index in [-0.39, 0.29) is 88.5 Å². The van der Waals surface area contributed by atoms with E-state index in [1.165, 1.54) is 11.9 Å². The van der Waals surface area contributed by atoms with Gasteiger partial charge in [-0.25, -0.2) is 14.6 Å². The second-order valence-electron chi connectivity index (χ2n) is 7.52. The number of rotatable bonds is 7. The topological polar surface area (TPSA) is 104 Å². The van der Waals surface area contributed by atoms with Crippen LogP contribution in [-0.2, 0) is 0 Å². The van der Waals surface area contributed by atoms with E-state index in [0.717, 1.165) is 29.0 Å². The van der Waals surface area contributed by atoms with Gasteiger partial charge in [0.25, 0.3) is 0 Å². The van der Waals surface area contributed by atoms with Gasteiger partial charge in [-0.1, -0.05) is 0 Å². The molecular formula is C22H32CsN7OS2. The fraction of sp³-hybridized carbons (Fsp3) is 0.409. The summed E-state index contributed by atoms with van der Waals surface area (Å²) in [6.45, 7) is 4.12. The van der Waals surface area contributed by atoms with E-state index in [1.54, 1.807) is 22.8 Å². The molecule has 174 valence electrons. The maximum absolute atomic E-state index is 5.85. The average Bonchev–Trinajstić information content (AvgIpc) is 3.22. The van der Waals surface area contributed by atoms with E-state index in [9.17, 15) is 0 Å². The van der Waals surface area contributed by atoms with Crippen molar-refractivity contribution in [1.29, 1.82) is 0 Å². The first kappa shape index (κ1) is 30.8. The number of aromatic nitrogens is 5. The molecule has 0 unspecified atom stereocenters. The number of hydrogen-bond donors (Lipinski definition) is 2. The van der Waals surface area contributed by atoms with Crippen molar-refractivity contribution in [2.45, 2.75) is 49.6 Å². The molecule has 3 N–H and O–H groups in total. The summed E-state index contributed by atoms with van der Waals surface area (Å²) in [6, 6.07) is 8.54. The molecule has 0 saturated heterocycles. The second kappa shape index (κ2) is 15.7. The normalized spacial score (nSPS) is 16.4. The van der Waals surface area contributed by atoms with Crippen molar-refractivity contribution in [3.05, 3.63) is 56.0 Å². The molecule has 0 bridgehead atoms. The standard InChI is InChI=1S/C19H23N7OS.C2H6S.CH3.Cs/c1-12(2)26-11-23-19(25-26)27-16-7-13(8-16)14-9-21-18(22-10-14)24-15-3-5-17(28-20)6-4-15;1-3-2;;/h3-6,9-13,16H,7-8,20H2,1-2H3,(H,21,22,24);1-2H3;1H3;/q;;-1;+1. The molecule has 0 aliphatic heterocycles. The van der Waals surface area contributed by atoms with Crippen LogP contribution < -0.4 is 84.1 Å². The zero-order valence-electron chi connectivity index (χ0n) is 20.2. The smallest absolute Gasteiger partial charge is 0.459 e. The van der Waals surface area contributed by atoms with Crippen molar-refractivity contribution in [3.8, 4) is 6.01 Å². The molecule has 1 aromatic carbocycles. The Morgan fingerprint density at radius 2 is 1.70 bits per heavy atom. The fourth-order valence-corrected chi connectivity index (χ4v) is 3.30. The first-order valence-corrected chi connectivity index (χ1v) is 12.6. The van der Waals surface area contributed by atoms with Crippen LogP contribution in [0.3, 0.4) is 0 Å². The van der Waals surface area contributed by atoms with Crippen molar-refractivity contribution in [3.63, 3.8) is 0 Å². The van der Waals surface area contributed by atoms with Crippen LogP contribution in [0.25, 0.3) is 0 Å². The summed E-state index contributed by atoms with van der Waals surface area (Å²) in [7, 11) is 0. The maximum Gasteiger partial charge on any atom is 1.00 e. The number of thioether (sulfide) groups is 1. The predicted molar refractivity (Wildman–Crippen MR) is 134 cm³/mol. The van der Waals surface area contributed by atoms with Gasteiger partial charge in [0.1, 0.15) is 12.4 Å². The van der Waals surface area contributed by atoms with Crippen LogP contribution in [0.4, 0.5) is 11.6 Å². The van der Waals surface area contributed by atoms with Gasteiger partial charge in [0, 0.05) is 29.0 Å². The van der Waals surface area contributed by atoms with Crippen molar-refractivity contribution in [2.75, 3.05) is 17.8 Å². The van der Waals surface area contributed by atoms with Gasteiger partial charge >= 0.3 is 74.9 Å². The fourth-order valence-electron chi connectivity index (χ4n) is 3.00. The first-order valence-electron chi connectivity index (χ1n) is 10.1. The number of nitrogens with one attached hydrogen (secondary N) is 1. The van der Waals surface area contributed by atoms with E-state index in [1.807, 2.05) is 49.2 Å². The summed E-state index contributed by atoms with van der Waals surface area (Å²) >= 11 is 2.97. The Balaban J connectivity index is 0.00000103. The third-order valence-electron chi connectivity index (χ3n) is 4.77. The predicted octanol–water partition coefficient (Wildman–Crippen LogP) is 2.12. The molecule has 0 amide bonds. The monoisotopic (exact) mass is 607 g/mol. The molecule has 8 nitrogen and oxygen atoms in total. The summed E-state index contributed by atoms with van der Waals surface area (Å²) < 4.78 is 7.65. The van der Waals surface area contributed by atoms with Crippen LogP contribution >= 0.6 is 23.7 Å². The summed E-state index contributed by atoms with van der Waals surface area (Å²) in [5.41, 5.74) is 2.05. The molecule has 2 aromatic heterocycles. The second-order valence-corrected chi connectivity index (χ2v) is 9.05. The third kappa shape index (κ3) is 9.38. The average molecular weight is 608 g/mol. The SMILES string of the molecule is CC(C)n1cnc(OC2CC(c3cnc(Nc4ccc(SN)cc4)nc3)C2)n1.CSC.[CH3-].[Cs+]. The Bertz CT molecular complexity index is 933. The van der Waals surface area contributed by atoms with Crippen molar-refractivity contribution in [2.24, 2.45) is 5.14 Å². The zero-order valence-corrected chi connectivity index (χ0v) is 28.1. The van der Waals surface area contributed by atoms with Crippen LogP contribution in [0.2, 0.25) is 0 Å². The summed E-state index contributed by atoms with van der Waals surface area (Å²) in [4.78, 5) is 14.1. The van der Waals surface area contributed by atoms with Gasteiger partial charge in [-0.15, -0.1) is 5.10 Å². The molecule has 11 heteroatoms. The minimum atomic E-state index is 0. The van der Waals surface area contributed by atoms with Crippen molar-refractivity contribution in [1.82, 2.24) is 24.7 Å². The van der Waals surface area contributed by atoms with Crippen LogP contribution in [-0.4, -0.2) is 43.3 Å². The Morgan fingerprint density at radius 3 is 2.21 bits per heavy atom. The Labute approximate surface area is 264 Å². The summed E-state index contributed by atoms with van der Waals surface area (Å²) in [6.07, 6.45) is 11.5. The van der Waals surface area contributed by atoms with E-state index < -0.39 is 0 Å². The minimum absolute atomic E-state index is 0. The van der Waals surface area contributed by atoms with E-state index in [4.69, 9.17) is 9.88 Å². The molecule has 0 radical (unpaired) electrons. The molecule has 2 heterocycles. The number of nitrogens with two attached hydrogens (primary N) is 1. The van der Waals surface area contributed by atoms with Crippen molar-refractivity contribution < 1.29 is 73.6 Å².